The molecular formula is C21H18FN3O2S. The second-order valence-corrected chi connectivity index (χ2v) is 6.94. The molecule has 1 aliphatic heterocycles. The molecule has 0 radical (unpaired) electrons. The Balaban J connectivity index is 1.80. The van der Waals surface area contributed by atoms with Gasteiger partial charge in [0.05, 0.1) is 18.0 Å². The number of hydrogen-bond acceptors (Lipinski definition) is 5. The smallest absolute Gasteiger partial charge is 0.231 e. The van der Waals surface area contributed by atoms with Crippen LogP contribution in [0.3, 0.4) is 0 Å². The van der Waals surface area contributed by atoms with Gasteiger partial charge in [0.25, 0.3) is 0 Å². The van der Waals surface area contributed by atoms with E-state index in [1.165, 1.54) is 23.5 Å². The van der Waals surface area contributed by atoms with E-state index in [0.29, 0.717) is 12.3 Å². The maximum absolute atomic E-state index is 13.3. The van der Waals surface area contributed by atoms with Crippen molar-refractivity contribution in [1.29, 1.82) is 0 Å². The predicted molar refractivity (Wildman–Crippen MR) is 109 cm³/mol. The molecule has 0 atom stereocenters. The maximum Gasteiger partial charge on any atom is 0.231 e. The zero-order chi connectivity index (χ0) is 19.5. The number of aromatic nitrogens is 1. The monoisotopic (exact) mass is 395 g/mol. The van der Waals surface area contributed by atoms with Crippen LogP contribution in [0.25, 0.3) is 11.3 Å². The summed E-state index contributed by atoms with van der Waals surface area (Å²) < 4.78 is 25.9. The van der Waals surface area contributed by atoms with Gasteiger partial charge in [0.15, 0.2) is 11.5 Å². The van der Waals surface area contributed by atoms with Crippen molar-refractivity contribution in [3.63, 3.8) is 0 Å². The quantitative estimate of drug-likeness (QED) is 0.474. The van der Waals surface area contributed by atoms with E-state index in [2.05, 4.69) is 11.6 Å². The van der Waals surface area contributed by atoms with Crippen molar-refractivity contribution in [3.05, 3.63) is 76.7 Å². The molecular weight excluding hydrogens is 377 g/mol. The highest BCUT2D eigenvalue weighted by Gasteiger charge is 2.15. The average molecular weight is 395 g/mol. The number of benzene rings is 2. The van der Waals surface area contributed by atoms with E-state index < -0.39 is 0 Å². The molecule has 0 aliphatic carbocycles. The third-order valence-corrected chi connectivity index (χ3v) is 5.08. The van der Waals surface area contributed by atoms with E-state index in [0.717, 1.165) is 33.1 Å². The molecule has 142 valence electrons. The third kappa shape index (κ3) is 3.61. The number of nitrogens with zero attached hydrogens (tertiary/aromatic N) is 3. The van der Waals surface area contributed by atoms with Crippen LogP contribution in [0.4, 0.5) is 4.39 Å². The molecule has 3 aromatic rings. The lowest BCUT2D eigenvalue weighted by Crippen LogP contribution is -2.14. The van der Waals surface area contributed by atoms with Crippen molar-refractivity contribution in [3.8, 4) is 22.8 Å². The fourth-order valence-corrected chi connectivity index (χ4v) is 3.64. The third-order valence-electron chi connectivity index (χ3n) is 4.22. The zero-order valence-corrected chi connectivity index (χ0v) is 16.1. The van der Waals surface area contributed by atoms with Gasteiger partial charge in [-0.3, -0.25) is 4.99 Å². The minimum atomic E-state index is -0.276. The molecule has 1 aliphatic rings. The summed E-state index contributed by atoms with van der Waals surface area (Å²) >= 11 is 1.48. The molecule has 0 amide bonds. The van der Waals surface area contributed by atoms with Crippen molar-refractivity contribution in [2.75, 3.05) is 13.3 Å². The molecule has 7 heteroatoms. The van der Waals surface area contributed by atoms with Crippen LogP contribution in [0.15, 0.2) is 70.6 Å². The molecule has 28 heavy (non-hydrogen) atoms. The van der Waals surface area contributed by atoms with Gasteiger partial charge >= 0.3 is 0 Å². The molecule has 0 saturated heterocycles. The van der Waals surface area contributed by atoms with Crippen molar-refractivity contribution >= 4 is 17.0 Å². The largest absolute Gasteiger partial charge is 0.454 e. The number of ether oxygens (including phenoxy) is 2. The van der Waals surface area contributed by atoms with Gasteiger partial charge < -0.3 is 9.47 Å². The SMILES string of the molecule is C=CCN=c1scc(-c2ccc(F)cc2)n1N=C(C)c1ccc2c(c1)OCO2. The lowest BCUT2D eigenvalue weighted by molar-refractivity contribution is 0.174. The Labute approximate surface area is 165 Å². The number of halogens is 1. The Hall–Kier alpha value is -3.19. The Kier molecular flexibility index (Phi) is 5.08. The van der Waals surface area contributed by atoms with Crippen molar-refractivity contribution in [1.82, 2.24) is 4.68 Å². The molecule has 0 bridgehead atoms. The summed E-state index contributed by atoms with van der Waals surface area (Å²) in [5.41, 5.74) is 3.41. The minimum Gasteiger partial charge on any atom is -0.454 e. The second kappa shape index (κ2) is 7.82. The molecule has 0 saturated carbocycles. The molecule has 0 spiro atoms. The molecule has 0 N–H and O–H groups in total. The van der Waals surface area contributed by atoms with E-state index in [-0.39, 0.29) is 12.6 Å². The van der Waals surface area contributed by atoms with E-state index in [1.807, 2.05) is 30.5 Å². The fraction of sp³-hybridized carbons (Fsp3) is 0.143. The van der Waals surface area contributed by atoms with Crippen molar-refractivity contribution < 1.29 is 13.9 Å². The summed E-state index contributed by atoms with van der Waals surface area (Å²) in [5.74, 6) is 1.16. The molecule has 0 fully saturated rings. The number of hydrogen-bond donors (Lipinski definition) is 0. The molecule has 5 nitrogen and oxygen atoms in total. The van der Waals surface area contributed by atoms with Crippen molar-refractivity contribution in [2.24, 2.45) is 10.1 Å². The topological polar surface area (TPSA) is 48.1 Å². The Morgan fingerprint density at radius 2 is 2.00 bits per heavy atom. The fourth-order valence-electron chi connectivity index (χ4n) is 2.80. The lowest BCUT2D eigenvalue weighted by Gasteiger charge is -2.07. The molecule has 4 rings (SSSR count). The van der Waals surface area contributed by atoms with E-state index >= 15 is 0 Å². The summed E-state index contributed by atoms with van der Waals surface area (Å²) in [6.45, 7) is 6.36. The predicted octanol–water partition coefficient (Wildman–Crippen LogP) is 4.44. The van der Waals surface area contributed by atoms with Gasteiger partial charge in [0, 0.05) is 16.5 Å². The minimum absolute atomic E-state index is 0.230. The van der Waals surface area contributed by atoms with E-state index in [1.54, 1.807) is 22.9 Å². The molecule has 0 unspecified atom stereocenters. The zero-order valence-electron chi connectivity index (χ0n) is 15.3. The summed E-state index contributed by atoms with van der Waals surface area (Å²) in [5, 5.41) is 6.76. The van der Waals surface area contributed by atoms with Crippen LogP contribution < -0.4 is 14.3 Å². The maximum atomic E-state index is 13.3. The second-order valence-electron chi connectivity index (χ2n) is 6.11. The van der Waals surface area contributed by atoms with E-state index in [9.17, 15) is 4.39 Å². The number of rotatable bonds is 5. The highest BCUT2D eigenvalue weighted by molar-refractivity contribution is 7.07. The van der Waals surface area contributed by atoms with Gasteiger partial charge in [-0.25, -0.2) is 9.07 Å². The first kappa shape index (κ1) is 18.2. The highest BCUT2D eigenvalue weighted by atomic mass is 32.1. The Bertz CT molecular complexity index is 1110. The van der Waals surface area contributed by atoms with Crippen molar-refractivity contribution in [2.45, 2.75) is 6.92 Å². The van der Waals surface area contributed by atoms with Gasteiger partial charge in [-0.1, -0.05) is 6.08 Å². The summed E-state index contributed by atoms with van der Waals surface area (Å²) in [6, 6.07) is 12.1. The first-order valence-corrected chi connectivity index (χ1v) is 9.57. The highest BCUT2D eigenvalue weighted by Crippen LogP contribution is 2.32. The van der Waals surface area contributed by atoms with Gasteiger partial charge in [0.1, 0.15) is 5.82 Å². The average Bonchev–Trinajstić information content (AvgIpc) is 3.33. The molecule has 2 aromatic carbocycles. The van der Waals surface area contributed by atoms with Crippen LogP contribution in [0.2, 0.25) is 0 Å². The summed E-state index contributed by atoms with van der Waals surface area (Å²) in [6.07, 6.45) is 1.73. The molecule has 1 aromatic heterocycles. The van der Waals surface area contributed by atoms with E-state index in [4.69, 9.17) is 14.6 Å². The van der Waals surface area contributed by atoms with Crippen LogP contribution in [0.1, 0.15) is 12.5 Å². The molecule has 2 heterocycles. The van der Waals surface area contributed by atoms with Crippen LogP contribution in [0, 0.1) is 5.82 Å². The Morgan fingerprint density at radius 3 is 2.79 bits per heavy atom. The number of fused-ring (bicyclic) bond motifs is 1. The van der Waals surface area contributed by atoms with Gasteiger partial charge in [-0.15, -0.1) is 17.9 Å². The summed E-state index contributed by atoms with van der Waals surface area (Å²) in [4.78, 5) is 5.27. The Morgan fingerprint density at radius 1 is 1.21 bits per heavy atom. The van der Waals surface area contributed by atoms with Gasteiger partial charge in [0.2, 0.25) is 11.6 Å². The first-order chi connectivity index (χ1) is 13.7. The summed E-state index contributed by atoms with van der Waals surface area (Å²) in [7, 11) is 0. The van der Waals surface area contributed by atoms with Crippen LogP contribution in [-0.4, -0.2) is 23.7 Å². The lowest BCUT2D eigenvalue weighted by atomic mass is 10.1. The van der Waals surface area contributed by atoms with Crippen LogP contribution in [-0.2, 0) is 0 Å². The normalized spacial score (nSPS) is 13.8. The van der Waals surface area contributed by atoms with Gasteiger partial charge in [-0.2, -0.15) is 5.10 Å². The van der Waals surface area contributed by atoms with Gasteiger partial charge in [-0.05, 0) is 49.4 Å². The standard InChI is InChI=1S/C21H18FN3O2S/c1-3-10-23-21-25(18(12-28-21)15-4-7-17(22)8-5-15)24-14(2)16-6-9-19-20(11-16)27-13-26-19/h3-9,11-12H,1,10,13H2,2H3. The van der Waals surface area contributed by atoms with Crippen LogP contribution in [0.5, 0.6) is 11.5 Å². The van der Waals surface area contributed by atoms with Crippen LogP contribution >= 0.6 is 11.3 Å². The first-order valence-electron chi connectivity index (χ1n) is 8.69. The number of thiazole rings is 1.